The molecule has 0 bridgehead atoms. The predicted octanol–water partition coefficient (Wildman–Crippen LogP) is 4.51. The first-order valence-corrected chi connectivity index (χ1v) is 10.9. The molecule has 0 radical (unpaired) electrons. The van der Waals surface area contributed by atoms with E-state index in [1.165, 1.54) is 12.1 Å². The highest BCUT2D eigenvalue weighted by atomic mass is 32.2. The zero-order chi connectivity index (χ0) is 21.7. The average Bonchev–Trinajstić information content (AvgIpc) is 2.70. The lowest BCUT2D eigenvalue weighted by Crippen LogP contribution is -2.30. The molecule has 1 atom stereocenters. The van der Waals surface area contributed by atoms with Gasteiger partial charge in [0.15, 0.2) is 6.10 Å². The van der Waals surface area contributed by atoms with Crippen molar-refractivity contribution in [2.24, 2.45) is 0 Å². The van der Waals surface area contributed by atoms with E-state index in [1.807, 2.05) is 44.2 Å². The molecule has 0 fully saturated rings. The van der Waals surface area contributed by atoms with E-state index in [1.54, 1.807) is 37.3 Å². The minimum Gasteiger partial charge on any atom is -0.481 e. The summed E-state index contributed by atoms with van der Waals surface area (Å²) in [7, 11) is -3.72. The molecule has 156 valence electrons. The van der Waals surface area contributed by atoms with Crippen molar-refractivity contribution in [3.63, 3.8) is 0 Å². The van der Waals surface area contributed by atoms with Crippen LogP contribution in [-0.4, -0.2) is 20.4 Å². The molecule has 3 rings (SSSR count). The van der Waals surface area contributed by atoms with Gasteiger partial charge in [0.2, 0.25) is 0 Å². The number of nitrogens with one attached hydrogen (secondary N) is 2. The highest BCUT2D eigenvalue weighted by Gasteiger charge is 2.17. The maximum atomic E-state index is 12.5. The number of amides is 1. The van der Waals surface area contributed by atoms with E-state index in [2.05, 4.69) is 10.0 Å². The number of rotatable bonds is 7. The highest BCUT2D eigenvalue weighted by Crippen LogP contribution is 2.19. The number of carbonyl (C=O) groups is 1. The minimum atomic E-state index is -3.72. The molecule has 1 amide bonds. The van der Waals surface area contributed by atoms with Crippen LogP contribution in [0.1, 0.15) is 18.1 Å². The van der Waals surface area contributed by atoms with Crippen LogP contribution in [0.2, 0.25) is 0 Å². The molecule has 0 unspecified atom stereocenters. The molecular formula is C23H24N2O4S. The van der Waals surface area contributed by atoms with E-state index < -0.39 is 16.1 Å². The first kappa shape index (κ1) is 21.4. The Hall–Kier alpha value is -3.32. The van der Waals surface area contributed by atoms with Gasteiger partial charge in [-0.1, -0.05) is 29.8 Å². The van der Waals surface area contributed by atoms with Crippen molar-refractivity contribution < 1.29 is 17.9 Å². The van der Waals surface area contributed by atoms with E-state index in [4.69, 9.17) is 4.74 Å². The zero-order valence-electron chi connectivity index (χ0n) is 17.0. The molecule has 0 aliphatic rings. The van der Waals surface area contributed by atoms with Gasteiger partial charge in [-0.05, 0) is 74.9 Å². The molecule has 0 saturated carbocycles. The Morgan fingerprint density at radius 3 is 2.13 bits per heavy atom. The maximum absolute atomic E-state index is 12.5. The fourth-order valence-corrected chi connectivity index (χ4v) is 3.80. The van der Waals surface area contributed by atoms with Crippen molar-refractivity contribution in [1.82, 2.24) is 0 Å². The van der Waals surface area contributed by atoms with Gasteiger partial charge in [0, 0.05) is 11.4 Å². The Labute approximate surface area is 177 Å². The molecule has 3 aromatic rings. The summed E-state index contributed by atoms with van der Waals surface area (Å²) < 4.78 is 33.3. The summed E-state index contributed by atoms with van der Waals surface area (Å²) >= 11 is 0. The van der Waals surface area contributed by atoms with Gasteiger partial charge in [0.25, 0.3) is 15.9 Å². The van der Waals surface area contributed by atoms with Crippen LogP contribution in [0.4, 0.5) is 11.4 Å². The number of carbonyl (C=O) groups excluding carboxylic acids is 1. The fraction of sp³-hybridized carbons (Fsp3) is 0.174. The lowest BCUT2D eigenvalue weighted by molar-refractivity contribution is -0.122. The van der Waals surface area contributed by atoms with E-state index in [0.717, 1.165) is 11.1 Å². The highest BCUT2D eigenvalue weighted by molar-refractivity contribution is 7.92. The molecule has 0 spiro atoms. The van der Waals surface area contributed by atoms with Gasteiger partial charge in [-0.3, -0.25) is 9.52 Å². The van der Waals surface area contributed by atoms with Crippen LogP contribution >= 0.6 is 0 Å². The van der Waals surface area contributed by atoms with Gasteiger partial charge in [-0.2, -0.15) is 0 Å². The molecular weight excluding hydrogens is 400 g/mol. The van der Waals surface area contributed by atoms with E-state index in [9.17, 15) is 13.2 Å². The second-order valence-corrected chi connectivity index (χ2v) is 8.74. The first-order chi connectivity index (χ1) is 14.2. The third-order valence-corrected chi connectivity index (χ3v) is 5.80. The summed E-state index contributed by atoms with van der Waals surface area (Å²) in [6.45, 7) is 5.53. The van der Waals surface area contributed by atoms with Gasteiger partial charge in [0.1, 0.15) is 5.75 Å². The van der Waals surface area contributed by atoms with E-state index in [-0.39, 0.29) is 10.8 Å². The van der Waals surface area contributed by atoms with Gasteiger partial charge >= 0.3 is 0 Å². The second-order valence-electron chi connectivity index (χ2n) is 7.06. The number of benzene rings is 3. The zero-order valence-corrected chi connectivity index (χ0v) is 17.9. The number of sulfonamides is 1. The molecule has 0 saturated heterocycles. The minimum absolute atomic E-state index is 0.102. The Kier molecular flexibility index (Phi) is 6.42. The normalized spacial score (nSPS) is 12.1. The van der Waals surface area contributed by atoms with Crippen LogP contribution in [-0.2, 0) is 14.8 Å². The van der Waals surface area contributed by atoms with Crippen LogP contribution < -0.4 is 14.8 Å². The van der Waals surface area contributed by atoms with Crippen molar-refractivity contribution in [2.45, 2.75) is 31.8 Å². The van der Waals surface area contributed by atoms with Crippen molar-refractivity contribution >= 4 is 27.3 Å². The van der Waals surface area contributed by atoms with Crippen LogP contribution in [0.25, 0.3) is 0 Å². The second kappa shape index (κ2) is 9.00. The lowest BCUT2D eigenvalue weighted by atomic mass is 10.2. The number of aryl methyl sites for hydroxylation is 2. The number of hydrogen-bond acceptors (Lipinski definition) is 4. The number of anilines is 2. The Bertz CT molecular complexity index is 1120. The average molecular weight is 425 g/mol. The van der Waals surface area contributed by atoms with Crippen LogP contribution in [0, 0.1) is 13.8 Å². The standard InChI is InChI=1S/C23H24N2O4S/c1-16-7-9-20(10-8-16)25-30(27,28)22-13-11-19(12-14-22)24-23(26)18(3)29-21-6-4-5-17(2)15-21/h4-15,18,25H,1-3H3,(H,24,26)/t18-/m0/s1. The summed E-state index contributed by atoms with van der Waals surface area (Å²) in [4.78, 5) is 12.5. The molecule has 30 heavy (non-hydrogen) atoms. The summed E-state index contributed by atoms with van der Waals surface area (Å²) in [6, 6.07) is 20.5. The molecule has 0 aromatic heterocycles. The van der Waals surface area contributed by atoms with Crippen molar-refractivity contribution in [3.8, 4) is 5.75 Å². The molecule has 2 N–H and O–H groups in total. The third kappa shape index (κ3) is 5.61. The number of ether oxygens (including phenoxy) is 1. The molecule has 0 aliphatic heterocycles. The fourth-order valence-electron chi connectivity index (χ4n) is 2.74. The molecule has 0 heterocycles. The number of hydrogen-bond donors (Lipinski definition) is 2. The summed E-state index contributed by atoms with van der Waals surface area (Å²) in [5, 5.41) is 2.73. The van der Waals surface area contributed by atoms with E-state index >= 15 is 0 Å². The van der Waals surface area contributed by atoms with Crippen LogP contribution in [0.5, 0.6) is 5.75 Å². The topological polar surface area (TPSA) is 84.5 Å². The van der Waals surface area contributed by atoms with Gasteiger partial charge in [-0.15, -0.1) is 0 Å². The smallest absolute Gasteiger partial charge is 0.265 e. The van der Waals surface area contributed by atoms with Crippen molar-refractivity contribution in [1.29, 1.82) is 0 Å². The third-order valence-electron chi connectivity index (χ3n) is 4.41. The van der Waals surface area contributed by atoms with Crippen LogP contribution in [0.3, 0.4) is 0 Å². The Morgan fingerprint density at radius 1 is 0.867 bits per heavy atom. The van der Waals surface area contributed by atoms with Crippen molar-refractivity contribution in [2.75, 3.05) is 10.0 Å². The summed E-state index contributed by atoms with van der Waals surface area (Å²) in [6.07, 6.45) is -0.710. The van der Waals surface area contributed by atoms with Gasteiger partial charge in [-0.25, -0.2) is 8.42 Å². The molecule has 0 aliphatic carbocycles. The lowest BCUT2D eigenvalue weighted by Gasteiger charge is -2.15. The maximum Gasteiger partial charge on any atom is 0.265 e. The predicted molar refractivity (Wildman–Crippen MR) is 118 cm³/mol. The summed E-state index contributed by atoms with van der Waals surface area (Å²) in [5.74, 6) is 0.283. The van der Waals surface area contributed by atoms with Gasteiger partial charge in [0.05, 0.1) is 4.90 Å². The quantitative estimate of drug-likeness (QED) is 0.584. The van der Waals surface area contributed by atoms with Crippen LogP contribution in [0.15, 0.2) is 77.7 Å². The Balaban J connectivity index is 1.63. The van der Waals surface area contributed by atoms with Gasteiger partial charge < -0.3 is 10.1 Å². The monoisotopic (exact) mass is 424 g/mol. The van der Waals surface area contributed by atoms with E-state index in [0.29, 0.717) is 17.1 Å². The van der Waals surface area contributed by atoms with Crippen molar-refractivity contribution in [3.05, 3.63) is 83.9 Å². The summed E-state index contributed by atoms with van der Waals surface area (Å²) in [5.41, 5.74) is 3.05. The molecule has 3 aromatic carbocycles. The molecule has 6 nitrogen and oxygen atoms in total. The molecule has 7 heteroatoms. The first-order valence-electron chi connectivity index (χ1n) is 9.47. The Morgan fingerprint density at radius 2 is 1.50 bits per heavy atom. The largest absolute Gasteiger partial charge is 0.481 e. The SMILES string of the molecule is Cc1ccc(NS(=O)(=O)c2ccc(NC(=O)[C@H](C)Oc3cccc(C)c3)cc2)cc1.